The topological polar surface area (TPSA) is 102 Å². The summed E-state index contributed by atoms with van der Waals surface area (Å²) in [6, 6.07) is 0.791. The minimum atomic E-state index is -1.15. The first-order chi connectivity index (χ1) is 10.5. The molecule has 7 nitrogen and oxygen atoms in total. The number of ether oxygens (including phenoxy) is 1. The van der Waals surface area contributed by atoms with Crippen LogP contribution < -0.4 is 5.32 Å². The molecule has 8 heteroatoms. The van der Waals surface area contributed by atoms with Crippen LogP contribution in [0.15, 0.2) is 21.2 Å². The van der Waals surface area contributed by atoms with Crippen molar-refractivity contribution in [1.29, 1.82) is 0 Å². The number of rotatable bonds is 7. The molecule has 118 valence electrons. The lowest BCUT2D eigenvalue weighted by atomic mass is 10.2. The molecule has 0 fully saturated rings. The second kappa shape index (κ2) is 7.19. The van der Waals surface area contributed by atoms with Crippen LogP contribution in [0.2, 0.25) is 0 Å². The standard InChI is InChI=1S/C14H16N2O5S/c1-8-10(16-13(21-8)9-3-4-22-7-9)5-12(17)15-11(6-20-2)14(18)19/h3-4,7,11H,5-6H2,1-2H3,(H,15,17)(H,18,19). The number of carboxylic acids is 1. The van der Waals surface area contributed by atoms with Gasteiger partial charge < -0.3 is 19.6 Å². The summed E-state index contributed by atoms with van der Waals surface area (Å²) in [5.41, 5.74) is 1.34. The number of carbonyl (C=O) groups is 2. The van der Waals surface area contributed by atoms with Gasteiger partial charge in [0.05, 0.1) is 18.7 Å². The molecule has 2 heterocycles. The van der Waals surface area contributed by atoms with Crippen LogP contribution in [0.3, 0.4) is 0 Å². The molecule has 0 aliphatic rings. The van der Waals surface area contributed by atoms with Gasteiger partial charge >= 0.3 is 5.97 Å². The van der Waals surface area contributed by atoms with Gasteiger partial charge in [-0.3, -0.25) is 4.79 Å². The predicted molar refractivity (Wildman–Crippen MR) is 79.7 cm³/mol. The summed E-state index contributed by atoms with van der Waals surface area (Å²) in [5.74, 6) is -0.605. The zero-order chi connectivity index (χ0) is 16.1. The van der Waals surface area contributed by atoms with E-state index >= 15 is 0 Å². The summed E-state index contributed by atoms with van der Waals surface area (Å²) in [7, 11) is 1.37. The highest BCUT2D eigenvalue weighted by Crippen LogP contribution is 2.23. The third-order valence-electron chi connectivity index (χ3n) is 2.96. The van der Waals surface area contributed by atoms with Crippen molar-refractivity contribution in [2.24, 2.45) is 0 Å². The van der Waals surface area contributed by atoms with Crippen LogP contribution in [0.1, 0.15) is 11.5 Å². The average Bonchev–Trinajstić information content (AvgIpc) is 3.08. The van der Waals surface area contributed by atoms with Crippen LogP contribution in [-0.2, 0) is 20.7 Å². The van der Waals surface area contributed by atoms with Crippen LogP contribution >= 0.6 is 11.3 Å². The largest absolute Gasteiger partial charge is 0.480 e. The van der Waals surface area contributed by atoms with Gasteiger partial charge in [0.25, 0.3) is 0 Å². The lowest BCUT2D eigenvalue weighted by molar-refractivity contribution is -0.143. The molecule has 1 unspecified atom stereocenters. The smallest absolute Gasteiger partial charge is 0.328 e. The normalized spacial score (nSPS) is 12.1. The van der Waals surface area contributed by atoms with E-state index in [0.717, 1.165) is 5.56 Å². The van der Waals surface area contributed by atoms with Crippen molar-refractivity contribution >= 4 is 23.2 Å². The number of carbonyl (C=O) groups excluding carboxylic acids is 1. The molecule has 0 radical (unpaired) electrons. The summed E-state index contributed by atoms with van der Waals surface area (Å²) in [5, 5.41) is 15.2. The van der Waals surface area contributed by atoms with E-state index in [2.05, 4.69) is 10.3 Å². The van der Waals surface area contributed by atoms with E-state index in [1.807, 2.05) is 16.8 Å². The number of aromatic nitrogens is 1. The number of nitrogens with one attached hydrogen (secondary N) is 1. The summed E-state index contributed by atoms with van der Waals surface area (Å²) >= 11 is 1.52. The van der Waals surface area contributed by atoms with Gasteiger partial charge in [-0.05, 0) is 18.4 Å². The molecule has 2 rings (SSSR count). The van der Waals surface area contributed by atoms with E-state index in [4.69, 9.17) is 14.3 Å². The van der Waals surface area contributed by atoms with Crippen molar-refractivity contribution in [2.75, 3.05) is 13.7 Å². The molecule has 0 bridgehead atoms. The lowest BCUT2D eigenvalue weighted by Gasteiger charge is -2.12. The number of nitrogens with zero attached hydrogens (tertiary/aromatic N) is 1. The Balaban J connectivity index is 2.04. The Morgan fingerprint density at radius 3 is 2.91 bits per heavy atom. The first-order valence-electron chi connectivity index (χ1n) is 6.51. The number of thiophene rings is 1. The number of methoxy groups -OCH3 is 1. The third-order valence-corrected chi connectivity index (χ3v) is 3.64. The predicted octanol–water partition coefficient (Wildman–Crippen LogP) is 1.47. The van der Waals surface area contributed by atoms with Crippen LogP contribution in [-0.4, -0.2) is 41.7 Å². The number of aliphatic carboxylic acids is 1. The van der Waals surface area contributed by atoms with E-state index in [1.165, 1.54) is 18.4 Å². The van der Waals surface area contributed by atoms with Gasteiger partial charge in [0.2, 0.25) is 11.8 Å². The van der Waals surface area contributed by atoms with Gasteiger partial charge in [-0.25, -0.2) is 9.78 Å². The van der Waals surface area contributed by atoms with Crippen LogP contribution in [0.5, 0.6) is 0 Å². The SMILES string of the molecule is COCC(NC(=O)Cc1nc(-c2ccsc2)oc1C)C(=O)O. The first-order valence-corrected chi connectivity index (χ1v) is 7.45. The van der Waals surface area contributed by atoms with Gasteiger partial charge in [0.15, 0.2) is 6.04 Å². The fraction of sp³-hybridized carbons (Fsp3) is 0.357. The minimum Gasteiger partial charge on any atom is -0.480 e. The Morgan fingerprint density at radius 2 is 2.32 bits per heavy atom. The fourth-order valence-corrected chi connectivity index (χ4v) is 2.47. The third kappa shape index (κ3) is 3.92. The molecule has 2 aromatic heterocycles. The van der Waals surface area contributed by atoms with Crippen LogP contribution in [0, 0.1) is 6.92 Å². The number of aryl methyl sites for hydroxylation is 1. The van der Waals surface area contributed by atoms with E-state index < -0.39 is 17.9 Å². The van der Waals surface area contributed by atoms with Gasteiger partial charge in [-0.1, -0.05) is 0 Å². The number of amides is 1. The van der Waals surface area contributed by atoms with Crippen LogP contribution in [0.4, 0.5) is 0 Å². The second-order valence-corrected chi connectivity index (χ2v) is 5.40. The van der Waals surface area contributed by atoms with E-state index in [-0.39, 0.29) is 13.0 Å². The molecule has 0 aliphatic heterocycles. The molecule has 1 amide bonds. The fourth-order valence-electron chi connectivity index (χ4n) is 1.84. The van der Waals surface area contributed by atoms with Crippen molar-refractivity contribution in [3.8, 4) is 11.5 Å². The average molecular weight is 324 g/mol. The molecule has 1 atom stereocenters. The van der Waals surface area contributed by atoms with E-state index in [0.29, 0.717) is 17.3 Å². The number of hydrogen-bond donors (Lipinski definition) is 2. The summed E-state index contributed by atoms with van der Waals surface area (Å²) in [6.07, 6.45) is -0.0486. The molecule has 2 N–H and O–H groups in total. The Bertz CT molecular complexity index is 650. The highest BCUT2D eigenvalue weighted by molar-refractivity contribution is 7.08. The summed E-state index contributed by atoms with van der Waals surface area (Å²) in [4.78, 5) is 27.2. The van der Waals surface area contributed by atoms with Crippen molar-refractivity contribution in [1.82, 2.24) is 10.3 Å². The highest BCUT2D eigenvalue weighted by Gasteiger charge is 2.21. The number of carboxylic acid groups (broad SMARTS) is 1. The Kier molecular flexibility index (Phi) is 5.29. The second-order valence-electron chi connectivity index (χ2n) is 4.62. The quantitative estimate of drug-likeness (QED) is 0.799. The number of oxazole rings is 1. The zero-order valence-electron chi connectivity index (χ0n) is 12.2. The van der Waals surface area contributed by atoms with E-state index in [1.54, 1.807) is 6.92 Å². The van der Waals surface area contributed by atoms with Gasteiger partial charge in [-0.15, -0.1) is 0 Å². The zero-order valence-corrected chi connectivity index (χ0v) is 13.0. The Morgan fingerprint density at radius 1 is 1.55 bits per heavy atom. The maximum absolute atomic E-state index is 11.9. The highest BCUT2D eigenvalue weighted by atomic mass is 32.1. The molecule has 2 aromatic rings. The maximum atomic E-state index is 11.9. The Labute approximate surface area is 130 Å². The number of hydrogen-bond acceptors (Lipinski definition) is 6. The monoisotopic (exact) mass is 324 g/mol. The van der Waals surface area contributed by atoms with Gasteiger partial charge in [-0.2, -0.15) is 11.3 Å². The lowest BCUT2D eigenvalue weighted by Crippen LogP contribution is -2.44. The van der Waals surface area contributed by atoms with Crippen molar-refractivity contribution in [3.05, 3.63) is 28.3 Å². The van der Waals surface area contributed by atoms with Crippen LogP contribution in [0.25, 0.3) is 11.5 Å². The molecule has 0 saturated carbocycles. The molecule has 0 aliphatic carbocycles. The van der Waals surface area contributed by atoms with Crippen molar-refractivity contribution < 1.29 is 23.8 Å². The van der Waals surface area contributed by atoms with Crippen molar-refractivity contribution in [3.63, 3.8) is 0 Å². The molecule has 0 saturated heterocycles. The molecule has 0 aromatic carbocycles. The first kappa shape index (κ1) is 16.2. The molecule has 22 heavy (non-hydrogen) atoms. The molecular formula is C14H16N2O5S. The van der Waals surface area contributed by atoms with Gasteiger partial charge in [0.1, 0.15) is 5.76 Å². The van der Waals surface area contributed by atoms with Gasteiger partial charge in [0, 0.05) is 18.1 Å². The minimum absolute atomic E-state index is 0.0486. The summed E-state index contributed by atoms with van der Waals surface area (Å²) in [6.45, 7) is 1.62. The summed E-state index contributed by atoms with van der Waals surface area (Å²) < 4.78 is 10.3. The maximum Gasteiger partial charge on any atom is 0.328 e. The van der Waals surface area contributed by atoms with E-state index in [9.17, 15) is 9.59 Å². The van der Waals surface area contributed by atoms with Crippen molar-refractivity contribution in [2.45, 2.75) is 19.4 Å². The Hall–Kier alpha value is -2.19. The molecule has 0 spiro atoms. The molecular weight excluding hydrogens is 308 g/mol.